The van der Waals surface area contributed by atoms with Gasteiger partial charge in [0.05, 0.1) is 17.3 Å². The summed E-state index contributed by atoms with van der Waals surface area (Å²) in [7, 11) is 1.20. The molecule has 0 unspecified atom stereocenters. The van der Waals surface area contributed by atoms with Crippen molar-refractivity contribution in [3.8, 4) is 6.07 Å². The van der Waals surface area contributed by atoms with E-state index in [4.69, 9.17) is 0 Å². The molecule has 5 rings (SSSR count). The summed E-state index contributed by atoms with van der Waals surface area (Å²) in [5.41, 5.74) is -2.62. The minimum atomic E-state index is -4.70. The van der Waals surface area contributed by atoms with E-state index in [0.717, 1.165) is 23.8 Å². The molecule has 2 heterocycles. The van der Waals surface area contributed by atoms with Gasteiger partial charge in [-0.05, 0) is 60.5 Å². The summed E-state index contributed by atoms with van der Waals surface area (Å²) < 4.78 is 41.0. The van der Waals surface area contributed by atoms with Gasteiger partial charge in [0.1, 0.15) is 18.1 Å². The van der Waals surface area contributed by atoms with E-state index in [1.54, 1.807) is 20.8 Å². The highest BCUT2D eigenvalue weighted by molar-refractivity contribution is 5.98. The van der Waals surface area contributed by atoms with Gasteiger partial charge in [-0.2, -0.15) is 18.4 Å². The normalized spacial score (nSPS) is 27.1. The minimum absolute atomic E-state index is 0.0192. The number of fused-ring (bicyclic) bond motifs is 1. The van der Waals surface area contributed by atoms with E-state index in [0.29, 0.717) is 6.42 Å². The maximum Gasteiger partial charge on any atom is 0.418 e. The lowest BCUT2D eigenvalue weighted by molar-refractivity contribution is -0.143. The van der Waals surface area contributed by atoms with E-state index in [-0.39, 0.29) is 53.3 Å². The first kappa shape index (κ1) is 32.6. The van der Waals surface area contributed by atoms with E-state index >= 15 is 0 Å². The number of hydrogen-bond donors (Lipinski definition) is 3. The van der Waals surface area contributed by atoms with E-state index in [1.165, 1.54) is 30.1 Å². The van der Waals surface area contributed by atoms with Crippen LogP contribution in [0.2, 0.25) is 0 Å². The minimum Gasteiger partial charge on any atom is -0.350 e. The third kappa shape index (κ3) is 6.08. The Morgan fingerprint density at radius 3 is 2.36 bits per heavy atom. The number of nitriles is 1. The molecule has 2 aliphatic carbocycles. The van der Waals surface area contributed by atoms with Crippen LogP contribution in [0.1, 0.15) is 65.9 Å². The van der Waals surface area contributed by atoms with E-state index in [2.05, 4.69) is 22.0 Å². The Morgan fingerprint density at radius 1 is 1.16 bits per heavy atom. The van der Waals surface area contributed by atoms with Crippen LogP contribution >= 0.6 is 0 Å². The van der Waals surface area contributed by atoms with Gasteiger partial charge in [-0.1, -0.05) is 46.8 Å². The van der Waals surface area contributed by atoms with E-state index < -0.39 is 53.1 Å². The van der Waals surface area contributed by atoms with Gasteiger partial charge in [-0.3, -0.25) is 19.3 Å². The quantitative estimate of drug-likeness (QED) is 0.421. The van der Waals surface area contributed by atoms with Crippen molar-refractivity contribution in [2.45, 2.75) is 90.1 Å². The fourth-order valence-corrected chi connectivity index (χ4v) is 7.30. The molecule has 2 aliphatic heterocycles. The second-order valence-corrected chi connectivity index (χ2v) is 14.8. The molecule has 0 aromatic heterocycles. The SMILES string of the molecule is CN(C(=O)N[C@H](C(=O)N1C[C@H]2[C@@H]([C@H]1C(=O)N[C@H](C#N)C[C@@H]1CC3(CC3)NC1=O)C2(C)C)C(C)(C)C)c1ccccc1C(F)(F)F. The number of benzene rings is 1. The monoisotopic (exact) mass is 630 g/mol. The van der Waals surface area contributed by atoms with E-state index in [9.17, 15) is 37.6 Å². The first-order chi connectivity index (χ1) is 20.8. The third-order valence-corrected chi connectivity index (χ3v) is 10.3. The van der Waals surface area contributed by atoms with Crippen molar-refractivity contribution in [3.63, 3.8) is 0 Å². The number of rotatable bonds is 7. The summed E-state index contributed by atoms with van der Waals surface area (Å²) >= 11 is 0. The average Bonchev–Trinajstić information content (AvgIpc) is 3.67. The molecular formula is C32H41F3N6O4. The van der Waals surface area contributed by atoms with Crippen molar-refractivity contribution in [1.29, 1.82) is 5.26 Å². The van der Waals surface area contributed by atoms with Gasteiger partial charge >= 0.3 is 12.2 Å². The standard InChI is InChI=1S/C32H41F3N6O4/c1-29(2,3)24(38-28(45)40(6)21-10-8-7-9-19(21)32(33,34)35)27(44)41-16-20-22(30(20,4)5)23(41)26(43)37-18(15-36)13-17-14-31(11-12-31)39-25(17)42/h7-10,17-18,20,22-24H,11-14,16H2,1-6H3,(H,37,43)(H,38,45)(H,39,42)/t17-,18+,20+,22+,23+,24-/m1/s1. The summed E-state index contributed by atoms with van der Waals surface area (Å²) in [6, 6.07) is 2.86. The Balaban J connectivity index is 1.33. The summed E-state index contributed by atoms with van der Waals surface area (Å²) in [5, 5.41) is 18.3. The average molecular weight is 631 g/mol. The number of nitrogens with zero attached hydrogens (tertiary/aromatic N) is 3. The van der Waals surface area contributed by atoms with Gasteiger partial charge in [0.2, 0.25) is 17.7 Å². The Labute approximate surface area is 261 Å². The number of likely N-dealkylation sites (tertiary alicyclic amines) is 1. The molecule has 5 amide bonds. The predicted octanol–water partition coefficient (Wildman–Crippen LogP) is 3.82. The lowest BCUT2D eigenvalue weighted by atomic mass is 9.85. The molecule has 3 N–H and O–H groups in total. The zero-order valence-electron chi connectivity index (χ0n) is 26.4. The number of nitrogens with one attached hydrogen (secondary N) is 3. The number of halogens is 3. The summed E-state index contributed by atoms with van der Waals surface area (Å²) in [6.07, 6.45) is -2.09. The molecule has 244 valence electrons. The number of para-hydroxylation sites is 1. The van der Waals surface area contributed by atoms with Crippen LogP contribution in [0.25, 0.3) is 0 Å². The second kappa shape index (κ2) is 10.9. The highest BCUT2D eigenvalue weighted by atomic mass is 19.4. The number of carbonyl (C=O) groups excluding carboxylic acids is 4. The van der Waals surface area contributed by atoms with Gasteiger partial charge < -0.3 is 20.9 Å². The molecule has 13 heteroatoms. The molecule has 0 bridgehead atoms. The number of alkyl halides is 3. The summed E-state index contributed by atoms with van der Waals surface area (Å²) in [5.74, 6) is -1.69. The third-order valence-electron chi connectivity index (χ3n) is 10.3. The fraction of sp³-hybridized carbons (Fsp3) is 0.656. The van der Waals surface area contributed by atoms with Gasteiger partial charge in [0, 0.05) is 25.0 Å². The molecular weight excluding hydrogens is 589 g/mol. The molecule has 10 nitrogen and oxygen atoms in total. The molecule has 4 fully saturated rings. The van der Waals surface area contributed by atoms with Crippen molar-refractivity contribution >= 4 is 29.4 Å². The molecule has 6 atom stereocenters. The van der Waals surface area contributed by atoms with Crippen LogP contribution in [-0.4, -0.2) is 65.9 Å². The first-order valence-corrected chi connectivity index (χ1v) is 15.3. The topological polar surface area (TPSA) is 135 Å². The van der Waals surface area contributed by atoms with Crippen molar-refractivity contribution in [3.05, 3.63) is 29.8 Å². The second-order valence-electron chi connectivity index (χ2n) is 14.8. The molecule has 4 aliphatic rings. The van der Waals surface area contributed by atoms with Crippen molar-refractivity contribution in [2.75, 3.05) is 18.5 Å². The molecule has 1 aromatic carbocycles. The molecule has 2 saturated carbocycles. The Bertz CT molecular complexity index is 1440. The lowest BCUT2D eigenvalue weighted by Gasteiger charge is -2.38. The number of carbonyl (C=O) groups is 4. The highest BCUT2D eigenvalue weighted by Crippen LogP contribution is 2.65. The Morgan fingerprint density at radius 2 is 1.80 bits per heavy atom. The lowest BCUT2D eigenvalue weighted by Crippen LogP contribution is -2.61. The predicted molar refractivity (Wildman–Crippen MR) is 158 cm³/mol. The fourth-order valence-electron chi connectivity index (χ4n) is 7.30. The summed E-state index contributed by atoms with van der Waals surface area (Å²) in [4.78, 5) is 56.1. The van der Waals surface area contributed by atoms with Gasteiger partial charge in [0.25, 0.3) is 0 Å². The maximum absolute atomic E-state index is 14.2. The largest absolute Gasteiger partial charge is 0.418 e. The maximum atomic E-state index is 14.2. The van der Waals surface area contributed by atoms with Crippen LogP contribution in [0.15, 0.2) is 24.3 Å². The van der Waals surface area contributed by atoms with Crippen LogP contribution < -0.4 is 20.9 Å². The van der Waals surface area contributed by atoms with Crippen molar-refractivity contribution < 1.29 is 32.3 Å². The first-order valence-electron chi connectivity index (χ1n) is 15.3. The van der Waals surface area contributed by atoms with Crippen LogP contribution in [0.3, 0.4) is 0 Å². The van der Waals surface area contributed by atoms with Crippen LogP contribution in [0.4, 0.5) is 23.7 Å². The van der Waals surface area contributed by atoms with Crippen LogP contribution in [-0.2, 0) is 20.6 Å². The number of hydrogen-bond acceptors (Lipinski definition) is 5. The Kier molecular flexibility index (Phi) is 7.90. The van der Waals surface area contributed by atoms with Crippen molar-refractivity contribution in [1.82, 2.24) is 20.9 Å². The smallest absolute Gasteiger partial charge is 0.350 e. The van der Waals surface area contributed by atoms with Gasteiger partial charge in [-0.15, -0.1) is 0 Å². The highest BCUT2D eigenvalue weighted by Gasteiger charge is 2.70. The zero-order valence-corrected chi connectivity index (χ0v) is 26.4. The molecule has 1 aromatic rings. The molecule has 2 saturated heterocycles. The molecule has 45 heavy (non-hydrogen) atoms. The number of urea groups is 1. The van der Waals surface area contributed by atoms with E-state index in [1.807, 2.05) is 13.8 Å². The van der Waals surface area contributed by atoms with Gasteiger partial charge in [-0.25, -0.2) is 4.79 Å². The van der Waals surface area contributed by atoms with Crippen molar-refractivity contribution in [2.24, 2.45) is 28.6 Å². The number of amides is 5. The number of piperidine rings is 1. The summed E-state index contributed by atoms with van der Waals surface area (Å²) in [6.45, 7) is 9.45. The molecule has 0 radical (unpaired) electrons. The Hall–Kier alpha value is -3.82. The number of anilines is 1. The molecule has 1 spiro atoms. The zero-order chi connectivity index (χ0) is 33.3. The van der Waals surface area contributed by atoms with Crippen LogP contribution in [0, 0.1) is 39.9 Å². The van der Waals surface area contributed by atoms with Gasteiger partial charge in [0.15, 0.2) is 0 Å². The van der Waals surface area contributed by atoms with Crippen LogP contribution in [0.5, 0.6) is 0 Å².